The van der Waals surface area contributed by atoms with E-state index in [-0.39, 0.29) is 17.6 Å². The van der Waals surface area contributed by atoms with Gasteiger partial charge in [-0.05, 0) is 48.9 Å². The van der Waals surface area contributed by atoms with Gasteiger partial charge in [0.25, 0.3) is 5.22 Å². The first-order chi connectivity index (χ1) is 14.6. The number of carbonyl (C=O) groups excluding carboxylic acids is 2. The van der Waals surface area contributed by atoms with Gasteiger partial charge >= 0.3 is 5.97 Å². The van der Waals surface area contributed by atoms with E-state index in [0.717, 1.165) is 28.6 Å². The first-order valence-electron chi connectivity index (χ1n) is 9.22. The third-order valence-corrected chi connectivity index (χ3v) is 4.84. The molecule has 9 heteroatoms. The third kappa shape index (κ3) is 5.84. The summed E-state index contributed by atoms with van der Waals surface area (Å²) in [7, 11) is 1.60. The monoisotopic (exact) mass is 427 g/mol. The molecule has 8 nitrogen and oxygen atoms in total. The third-order valence-electron chi connectivity index (χ3n) is 4.02. The Hall–Kier alpha value is -3.33. The van der Waals surface area contributed by atoms with Crippen LogP contribution >= 0.6 is 11.8 Å². The number of benzene rings is 2. The van der Waals surface area contributed by atoms with Crippen LogP contribution in [0.25, 0.3) is 11.5 Å². The van der Waals surface area contributed by atoms with Crippen LogP contribution in [0.2, 0.25) is 0 Å². The number of esters is 1. The molecule has 0 aliphatic rings. The number of ether oxygens (including phenoxy) is 2. The molecule has 0 saturated carbocycles. The van der Waals surface area contributed by atoms with Crippen molar-refractivity contribution in [2.24, 2.45) is 0 Å². The lowest BCUT2D eigenvalue weighted by Gasteiger charge is -2.06. The quantitative estimate of drug-likeness (QED) is 0.410. The van der Waals surface area contributed by atoms with Crippen LogP contribution in [-0.4, -0.2) is 41.5 Å². The van der Waals surface area contributed by atoms with E-state index in [0.29, 0.717) is 29.8 Å². The molecule has 3 aromatic rings. The summed E-state index contributed by atoms with van der Waals surface area (Å²) in [6.45, 7) is 2.44. The van der Waals surface area contributed by atoms with Gasteiger partial charge in [-0.1, -0.05) is 23.9 Å². The maximum Gasteiger partial charge on any atom is 0.338 e. The molecule has 0 radical (unpaired) electrons. The molecule has 0 fully saturated rings. The minimum absolute atomic E-state index is 0.144. The Morgan fingerprint density at radius 3 is 2.47 bits per heavy atom. The van der Waals surface area contributed by atoms with Crippen molar-refractivity contribution in [1.29, 1.82) is 0 Å². The number of rotatable bonds is 9. The van der Waals surface area contributed by atoms with Crippen molar-refractivity contribution in [3.05, 3.63) is 59.7 Å². The van der Waals surface area contributed by atoms with Gasteiger partial charge in [0.05, 0.1) is 25.0 Å². The van der Waals surface area contributed by atoms with Crippen LogP contribution in [0.15, 0.2) is 58.2 Å². The zero-order valence-electron chi connectivity index (χ0n) is 16.6. The van der Waals surface area contributed by atoms with Crippen LogP contribution in [0.5, 0.6) is 5.75 Å². The van der Waals surface area contributed by atoms with Crippen LogP contribution in [0.3, 0.4) is 0 Å². The van der Waals surface area contributed by atoms with E-state index in [2.05, 4.69) is 15.5 Å². The van der Waals surface area contributed by atoms with Crippen molar-refractivity contribution in [3.63, 3.8) is 0 Å². The van der Waals surface area contributed by atoms with Crippen LogP contribution in [-0.2, 0) is 16.1 Å². The zero-order chi connectivity index (χ0) is 21.3. The Morgan fingerprint density at radius 2 is 1.80 bits per heavy atom. The second-order valence-electron chi connectivity index (χ2n) is 6.08. The number of amides is 1. The van der Waals surface area contributed by atoms with Crippen molar-refractivity contribution in [2.45, 2.75) is 18.7 Å². The fourth-order valence-electron chi connectivity index (χ4n) is 2.47. The highest BCUT2D eigenvalue weighted by Gasteiger charge is 2.12. The summed E-state index contributed by atoms with van der Waals surface area (Å²) in [5.74, 6) is 0.726. The molecule has 2 aromatic carbocycles. The van der Waals surface area contributed by atoms with E-state index >= 15 is 0 Å². The van der Waals surface area contributed by atoms with E-state index in [4.69, 9.17) is 13.9 Å². The highest BCUT2D eigenvalue weighted by molar-refractivity contribution is 7.99. The van der Waals surface area contributed by atoms with Gasteiger partial charge in [-0.2, -0.15) is 0 Å². The first kappa shape index (κ1) is 21.4. The molecule has 156 valence electrons. The average Bonchev–Trinajstić information content (AvgIpc) is 3.26. The van der Waals surface area contributed by atoms with Crippen LogP contribution in [0.4, 0.5) is 0 Å². The summed E-state index contributed by atoms with van der Waals surface area (Å²) >= 11 is 1.16. The number of methoxy groups -OCH3 is 1. The lowest BCUT2D eigenvalue weighted by Crippen LogP contribution is -2.24. The topological polar surface area (TPSA) is 104 Å². The van der Waals surface area contributed by atoms with Crippen LogP contribution < -0.4 is 10.1 Å². The lowest BCUT2D eigenvalue weighted by atomic mass is 10.1. The summed E-state index contributed by atoms with van der Waals surface area (Å²) in [4.78, 5) is 23.7. The first-order valence-corrected chi connectivity index (χ1v) is 10.2. The van der Waals surface area contributed by atoms with E-state index in [1.807, 2.05) is 12.1 Å². The number of hydrogen-bond donors (Lipinski definition) is 1. The fourth-order valence-corrected chi connectivity index (χ4v) is 3.06. The number of aromatic nitrogens is 2. The number of nitrogens with zero attached hydrogens (tertiary/aromatic N) is 2. The molecule has 0 aliphatic heterocycles. The summed E-state index contributed by atoms with van der Waals surface area (Å²) in [6, 6.07) is 14.2. The van der Waals surface area contributed by atoms with Crippen molar-refractivity contribution in [1.82, 2.24) is 15.5 Å². The highest BCUT2D eigenvalue weighted by atomic mass is 32.2. The molecule has 30 heavy (non-hydrogen) atoms. The van der Waals surface area contributed by atoms with E-state index in [1.165, 1.54) is 0 Å². The van der Waals surface area contributed by atoms with Gasteiger partial charge in [0, 0.05) is 12.1 Å². The molecule has 1 amide bonds. The molecule has 1 N–H and O–H groups in total. The van der Waals surface area contributed by atoms with E-state index in [9.17, 15) is 9.59 Å². The average molecular weight is 427 g/mol. The van der Waals surface area contributed by atoms with Gasteiger partial charge < -0.3 is 19.2 Å². The minimum atomic E-state index is -0.363. The van der Waals surface area contributed by atoms with Gasteiger partial charge in [0.15, 0.2) is 0 Å². The Labute approximate surface area is 178 Å². The Morgan fingerprint density at radius 1 is 1.07 bits per heavy atom. The molecular formula is C21H21N3O5S. The molecule has 0 atom stereocenters. The van der Waals surface area contributed by atoms with Crippen LogP contribution in [0.1, 0.15) is 22.8 Å². The van der Waals surface area contributed by atoms with Gasteiger partial charge in [-0.25, -0.2) is 4.79 Å². The Kier molecular flexibility index (Phi) is 7.45. The molecule has 0 saturated heterocycles. The SMILES string of the molecule is CCOC(=O)c1ccc(CNC(=O)CSc2nnc(-c3ccc(OC)cc3)o2)cc1. The van der Waals surface area contributed by atoms with Crippen molar-refractivity contribution in [2.75, 3.05) is 19.5 Å². The van der Waals surface area contributed by atoms with Gasteiger partial charge in [-0.3, -0.25) is 4.79 Å². The summed E-state index contributed by atoms with van der Waals surface area (Å²) in [5.41, 5.74) is 2.12. The van der Waals surface area contributed by atoms with E-state index < -0.39 is 0 Å². The number of thioether (sulfide) groups is 1. The molecule has 1 heterocycles. The Balaban J connectivity index is 1.45. The van der Waals surface area contributed by atoms with Crippen molar-refractivity contribution >= 4 is 23.6 Å². The van der Waals surface area contributed by atoms with Gasteiger partial charge in [0.1, 0.15) is 5.75 Å². The second-order valence-corrected chi connectivity index (χ2v) is 7.01. The number of carbonyl (C=O) groups is 2. The minimum Gasteiger partial charge on any atom is -0.497 e. The molecule has 1 aromatic heterocycles. The molecule has 0 spiro atoms. The second kappa shape index (κ2) is 10.4. The maximum atomic E-state index is 12.1. The van der Waals surface area contributed by atoms with Gasteiger partial charge in [-0.15, -0.1) is 10.2 Å². The zero-order valence-corrected chi connectivity index (χ0v) is 17.4. The smallest absolute Gasteiger partial charge is 0.338 e. The van der Waals surface area contributed by atoms with Gasteiger partial charge in [0.2, 0.25) is 11.8 Å². The van der Waals surface area contributed by atoms with Crippen molar-refractivity contribution < 1.29 is 23.5 Å². The molecule has 0 aliphatic carbocycles. The number of nitrogens with one attached hydrogen (secondary N) is 1. The summed E-state index contributed by atoms with van der Waals surface area (Å²) in [6.07, 6.45) is 0. The Bertz CT molecular complexity index is 987. The predicted molar refractivity (Wildman–Crippen MR) is 111 cm³/mol. The number of hydrogen-bond acceptors (Lipinski definition) is 8. The normalized spacial score (nSPS) is 10.5. The maximum absolute atomic E-state index is 12.1. The lowest BCUT2D eigenvalue weighted by molar-refractivity contribution is -0.118. The largest absolute Gasteiger partial charge is 0.497 e. The summed E-state index contributed by atoms with van der Waals surface area (Å²) < 4.78 is 15.7. The molecular weight excluding hydrogens is 406 g/mol. The fraction of sp³-hybridized carbons (Fsp3) is 0.238. The standard InChI is InChI=1S/C21H21N3O5S/c1-3-28-20(26)16-6-4-14(5-7-16)12-22-18(25)13-30-21-24-23-19(29-21)15-8-10-17(27-2)11-9-15/h4-11H,3,12-13H2,1-2H3,(H,22,25). The molecule has 0 unspecified atom stereocenters. The summed E-state index contributed by atoms with van der Waals surface area (Å²) in [5, 5.41) is 11.1. The molecule has 3 rings (SSSR count). The van der Waals surface area contributed by atoms with Crippen molar-refractivity contribution in [3.8, 4) is 17.2 Å². The highest BCUT2D eigenvalue weighted by Crippen LogP contribution is 2.24. The molecule has 0 bridgehead atoms. The van der Waals surface area contributed by atoms with Crippen LogP contribution in [0, 0.1) is 0 Å². The predicted octanol–water partition coefficient (Wildman–Crippen LogP) is 3.33. The van der Waals surface area contributed by atoms with E-state index in [1.54, 1.807) is 50.4 Å².